The van der Waals surface area contributed by atoms with E-state index in [9.17, 15) is 9.00 Å². The van der Waals surface area contributed by atoms with Crippen molar-refractivity contribution < 1.29 is 18.7 Å². The van der Waals surface area contributed by atoms with Gasteiger partial charge in [-0.15, -0.1) is 0 Å². The number of anilines is 1. The Labute approximate surface area is 116 Å². The molecule has 2 aromatic rings. The lowest BCUT2D eigenvalue weighted by atomic mass is 10.1. The highest BCUT2D eigenvalue weighted by molar-refractivity contribution is 7.78. The first kappa shape index (κ1) is 14.2. The van der Waals surface area contributed by atoms with E-state index in [0.29, 0.717) is 10.7 Å². The first-order valence-electron chi connectivity index (χ1n) is 5.47. The third-order valence-electron chi connectivity index (χ3n) is 2.57. The van der Waals surface area contributed by atoms with Crippen LogP contribution in [0, 0.1) is 0 Å². The normalized spacial score (nSPS) is 12.1. The Bertz CT molecular complexity index is 640. The van der Waals surface area contributed by atoms with Crippen LogP contribution < -0.4 is 10.9 Å². The number of rotatable bonds is 4. The molecular formula is C11H12N4O4S. The van der Waals surface area contributed by atoms with Gasteiger partial charge in [0.15, 0.2) is 16.9 Å². The van der Waals surface area contributed by atoms with Crippen molar-refractivity contribution in [3.8, 4) is 11.3 Å². The van der Waals surface area contributed by atoms with Crippen molar-refractivity contribution in [3.05, 3.63) is 35.9 Å². The molecule has 0 saturated heterocycles. The van der Waals surface area contributed by atoms with Crippen molar-refractivity contribution in [2.24, 2.45) is 5.84 Å². The molecule has 106 valence electrons. The van der Waals surface area contributed by atoms with Gasteiger partial charge in [0.05, 0.1) is 11.4 Å². The Morgan fingerprint density at radius 1 is 1.40 bits per heavy atom. The topological polar surface area (TPSA) is 133 Å². The number of benzene rings is 1. The van der Waals surface area contributed by atoms with Gasteiger partial charge in [-0.2, -0.15) is 10.1 Å². The zero-order valence-corrected chi connectivity index (χ0v) is 11.0. The predicted octanol–water partition coefficient (Wildman–Crippen LogP) is 1.16. The number of nitrogens with zero attached hydrogens (tertiary/aromatic N) is 2. The number of nitrogens with two attached hydrogens (primary N) is 1. The zero-order valence-electron chi connectivity index (χ0n) is 10.2. The second-order valence-electron chi connectivity index (χ2n) is 3.96. The molecule has 20 heavy (non-hydrogen) atoms. The average molecular weight is 296 g/mol. The van der Waals surface area contributed by atoms with Gasteiger partial charge in [-0.25, -0.2) is 14.8 Å². The summed E-state index contributed by atoms with van der Waals surface area (Å²) in [7, 11) is 0. The first-order valence-corrected chi connectivity index (χ1v) is 6.75. The fraction of sp³-hybridized carbons (Fsp3) is 0.0909. The Morgan fingerprint density at radius 2 is 2.05 bits per heavy atom. The molecule has 1 unspecified atom stereocenters. The monoisotopic (exact) mass is 296 g/mol. The summed E-state index contributed by atoms with van der Waals surface area (Å²) < 4.78 is 19.5. The van der Waals surface area contributed by atoms with Crippen molar-refractivity contribution in [1.82, 2.24) is 10.2 Å². The number of nitrogens with one attached hydrogen (secondary N) is 1. The fourth-order valence-corrected chi connectivity index (χ4v) is 2.08. The summed E-state index contributed by atoms with van der Waals surface area (Å²) in [6, 6.07) is 8.39. The van der Waals surface area contributed by atoms with Crippen molar-refractivity contribution in [2.75, 3.05) is 5.01 Å². The first-order chi connectivity index (χ1) is 9.47. The van der Waals surface area contributed by atoms with Crippen LogP contribution in [0.2, 0.25) is 0 Å². The van der Waals surface area contributed by atoms with E-state index in [1.165, 1.54) is 6.07 Å². The van der Waals surface area contributed by atoms with Crippen LogP contribution in [0.5, 0.6) is 0 Å². The highest BCUT2D eigenvalue weighted by Crippen LogP contribution is 2.21. The molecule has 0 fully saturated rings. The van der Waals surface area contributed by atoms with Gasteiger partial charge in [0.2, 0.25) is 0 Å². The smallest absolute Gasteiger partial charge is 0.427 e. The molecule has 1 amide bonds. The molecule has 0 aliphatic rings. The lowest BCUT2D eigenvalue weighted by Crippen LogP contribution is -2.36. The number of aromatic nitrogens is 2. The molecule has 0 saturated carbocycles. The van der Waals surface area contributed by atoms with Gasteiger partial charge in [-0.3, -0.25) is 5.10 Å². The largest absolute Gasteiger partial charge is 0.464 e. The minimum atomic E-state index is -1.88. The molecule has 9 heteroatoms. The molecule has 1 atom stereocenters. The van der Waals surface area contributed by atoms with E-state index in [1.54, 1.807) is 24.3 Å². The molecule has 0 radical (unpaired) electrons. The molecule has 0 bridgehead atoms. The minimum Gasteiger partial charge on any atom is -0.464 e. The number of hydrogen-bond acceptors (Lipinski definition) is 4. The molecule has 0 spiro atoms. The van der Waals surface area contributed by atoms with Gasteiger partial charge >= 0.3 is 6.09 Å². The second-order valence-corrected chi connectivity index (χ2v) is 4.89. The number of aromatic amines is 1. The van der Waals surface area contributed by atoms with Gasteiger partial charge in [-0.1, -0.05) is 24.3 Å². The van der Waals surface area contributed by atoms with E-state index in [0.717, 1.165) is 11.1 Å². The molecule has 1 aromatic heterocycles. The summed E-state index contributed by atoms with van der Waals surface area (Å²) in [4.78, 5) is 10.7. The maximum Gasteiger partial charge on any atom is 0.427 e. The third kappa shape index (κ3) is 3.20. The number of carbonyl (C=O) groups is 1. The molecule has 1 aromatic carbocycles. The van der Waals surface area contributed by atoms with Gasteiger partial charge in [0, 0.05) is 6.07 Å². The highest BCUT2D eigenvalue weighted by atomic mass is 32.2. The van der Waals surface area contributed by atoms with E-state index in [1.807, 2.05) is 0 Å². The number of H-pyrrole nitrogens is 1. The number of hydrazine groups is 1. The standard InChI is InChI=1S/C11H12N4O4S/c12-15(11(16)17)10-5-9(13-14-10)8-3-1-7(2-4-8)6-20(18)19/h1-5H,6,12H2,(H,13,14)(H,16,17)(H,18,19). The lowest BCUT2D eigenvalue weighted by Gasteiger charge is -2.06. The van der Waals surface area contributed by atoms with Crippen molar-refractivity contribution in [3.63, 3.8) is 0 Å². The number of amides is 1. The summed E-state index contributed by atoms with van der Waals surface area (Å²) in [5, 5.41) is 15.7. The summed E-state index contributed by atoms with van der Waals surface area (Å²) in [6.45, 7) is 0. The summed E-state index contributed by atoms with van der Waals surface area (Å²) in [6.07, 6.45) is -1.32. The summed E-state index contributed by atoms with van der Waals surface area (Å²) in [5.41, 5.74) is 2.07. The van der Waals surface area contributed by atoms with Gasteiger partial charge in [-0.05, 0) is 11.1 Å². The maximum absolute atomic E-state index is 10.7. The zero-order chi connectivity index (χ0) is 14.7. The third-order valence-corrected chi connectivity index (χ3v) is 3.15. The quantitative estimate of drug-likeness (QED) is 0.289. The van der Waals surface area contributed by atoms with Crippen LogP contribution in [-0.4, -0.2) is 30.2 Å². The van der Waals surface area contributed by atoms with Crippen LogP contribution in [0.3, 0.4) is 0 Å². The van der Waals surface area contributed by atoms with Crippen LogP contribution in [0.25, 0.3) is 11.3 Å². The molecule has 1 heterocycles. The van der Waals surface area contributed by atoms with E-state index in [2.05, 4.69) is 10.2 Å². The average Bonchev–Trinajstić information content (AvgIpc) is 2.87. The number of hydrogen-bond donors (Lipinski definition) is 4. The SMILES string of the molecule is NN(C(=O)O)c1cc(-c2ccc(CS(=O)O)cc2)[nH]n1. The second kappa shape index (κ2) is 5.82. The van der Waals surface area contributed by atoms with E-state index >= 15 is 0 Å². The molecule has 8 nitrogen and oxygen atoms in total. The van der Waals surface area contributed by atoms with Crippen molar-refractivity contribution in [1.29, 1.82) is 0 Å². The molecule has 0 aliphatic carbocycles. The minimum absolute atomic E-state index is 0.0596. The van der Waals surface area contributed by atoms with Crippen LogP contribution >= 0.6 is 0 Å². The summed E-state index contributed by atoms with van der Waals surface area (Å²) in [5.74, 6) is 5.43. The highest BCUT2D eigenvalue weighted by Gasteiger charge is 2.13. The Balaban J connectivity index is 2.20. The maximum atomic E-state index is 10.7. The van der Waals surface area contributed by atoms with Crippen LogP contribution in [-0.2, 0) is 16.8 Å². The van der Waals surface area contributed by atoms with E-state index in [4.69, 9.17) is 15.5 Å². The Hall–Kier alpha value is -2.23. The molecule has 0 aliphatic heterocycles. The van der Waals surface area contributed by atoms with Gasteiger partial charge in [0.1, 0.15) is 0 Å². The van der Waals surface area contributed by atoms with Crippen molar-refractivity contribution >= 4 is 23.0 Å². The number of carboxylic acid groups (broad SMARTS) is 1. The van der Waals surface area contributed by atoms with Crippen LogP contribution in [0.1, 0.15) is 5.56 Å². The van der Waals surface area contributed by atoms with Crippen LogP contribution in [0.4, 0.5) is 10.6 Å². The van der Waals surface area contributed by atoms with Crippen LogP contribution in [0.15, 0.2) is 30.3 Å². The fourth-order valence-electron chi connectivity index (χ4n) is 1.60. The lowest BCUT2D eigenvalue weighted by molar-refractivity contribution is 0.201. The Kier molecular flexibility index (Phi) is 4.13. The summed E-state index contributed by atoms with van der Waals surface area (Å²) >= 11 is -1.88. The van der Waals surface area contributed by atoms with E-state index < -0.39 is 17.2 Å². The van der Waals surface area contributed by atoms with Crippen molar-refractivity contribution in [2.45, 2.75) is 5.75 Å². The Morgan fingerprint density at radius 3 is 2.60 bits per heavy atom. The predicted molar refractivity (Wildman–Crippen MR) is 73.2 cm³/mol. The van der Waals surface area contributed by atoms with Gasteiger partial charge in [0.25, 0.3) is 0 Å². The van der Waals surface area contributed by atoms with E-state index in [-0.39, 0.29) is 11.6 Å². The molecule has 2 rings (SSSR count). The molecular weight excluding hydrogens is 284 g/mol. The van der Waals surface area contributed by atoms with Gasteiger partial charge < -0.3 is 9.66 Å². The molecule has 5 N–H and O–H groups in total.